The topological polar surface area (TPSA) is 83.7 Å². The van der Waals surface area contributed by atoms with Gasteiger partial charge >= 0.3 is 0 Å². The van der Waals surface area contributed by atoms with Gasteiger partial charge < -0.3 is 20.5 Å². The number of hydrogen-bond donors (Lipinski definition) is 3. The molecule has 1 heterocycles. The third-order valence-corrected chi connectivity index (χ3v) is 4.77. The second-order valence-electron chi connectivity index (χ2n) is 7.05. The number of rotatable bonds is 9. The molecule has 0 radical (unpaired) electrons. The van der Waals surface area contributed by atoms with E-state index in [-0.39, 0.29) is 24.0 Å². The van der Waals surface area contributed by atoms with Crippen LogP contribution in [0.15, 0.2) is 35.3 Å². The molecule has 0 amide bonds. The zero-order chi connectivity index (χ0) is 20.6. The van der Waals surface area contributed by atoms with Crippen LogP contribution in [-0.4, -0.2) is 47.7 Å². The fourth-order valence-electron chi connectivity index (χ4n) is 3.01. The van der Waals surface area contributed by atoms with E-state index in [1.54, 1.807) is 14.0 Å². The van der Waals surface area contributed by atoms with Crippen molar-refractivity contribution in [3.8, 4) is 0 Å². The van der Waals surface area contributed by atoms with Gasteiger partial charge in [0, 0.05) is 24.9 Å². The van der Waals surface area contributed by atoms with E-state index in [0.29, 0.717) is 25.7 Å². The molecule has 162 valence electrons. The zero-order valence-electron chi connectivity index (χ0n) is 18.0. The van der Waals surface area contributed by atoms with Crippen molar-refractivity contribution in [3.63, 3.8) is 0 Å². The normalized spacial score (nSPS) is 13.5. The van der Waals surface area contributed by atoms with Crippen LogP contribution in [0, 0.1) is 13.8 Å². The number of nitrogens with zero attached hydrogens (tertiary/aromatic N) is 3. The van der Waals surface area contributed by atoms with Crippen LogP contribution in [0.25, 0.3) is 0 Å². The molecule has 1 unspecified atom stereocenters. The van der Waals surface area contributed by atoms with E-state index in [1.165, 1.54) is 0 Å². The molecule has 0 aliphatic rings. The average molecular weight is 515 g/mol. The van der Waals surface area contributed by atoms with Gasteiger partial charge in [0.25, 0.3) is 0 Å². The Balaban J connectivity index is 0.00000420. The quantitative estimate of drug-likeness (QED) is 0.272. The van der Waals surface area contributed by atoms with Gasteiger partial charge in [-0.15, -0.1) is 24.0 Å². The Bertz CT molecular complexity index is 775. The van der Waals surface area contributed by atoms with Crippen molar-refractivity contribution in [3.05, 3.63) is 52.8 Å². The maximum absolute atomic E-state index is 10.8. The molecule has 29 heavy (non-hydrogen) atoms. The van der Waals surface area contributed by atoms with Gasteiger partial charge in [-0.05, 0) is 33.3 Å². The molecular formula is C21H34IN5O2. The number of aryl methyl sites for hydroxylation is 1. The Hall–Kier alpha value is -1.65. The number of hydrogen-bond acceptors (Lipinski definition) is 4. The molecule has 2 aromatic rings. The molecule has 1 aromatic heterocycles. The maximum Gasteiger partial charge on any atom is 0.191 e. The number of methoxy groups -OCH3 is 1. The molecule has 1 aromatic carbocycles. The maximum atomic E-state index is 10.8. The minimum atomic E-state index is -0.992. The van der Waals surface area contributed by atoms with Crippen molar-refractivity contribution < 1.29 is 9.84 Å². The lowest BCUT2D eigenvalue weighted by Crippen LogP contribution is -2.44. The Morgan fingerprint density at radius 2 is 1.93 bits per heavy atom. The highest BCUT2D eigenvalue weighted by Crippen LogP contribution is 2.19. The monoisotopic (exact) mass is 515 g/mol. The highest BCUT2D eigenvalue weighted by atomic mass is 127. The van der Waals surface area contributed by atoms with Gasteiger partial charge in [-0.3, -0.25) is 4.68 Å². The summed E-state index contributed by atoms with van der Waals surface area (Å²) in [6.45, 7) is 10.8. The number of aromatic nitrogens is 2. The van der Waals surface area contributed by atoms with Crippen molar-refractivity contribution >= 4 is 29.9 Å². The van der Waals surface area contributed by atoms with Gasteiger partial charge in [-0.25, -0.2) is 4.99 Å². The van der Waals surface area contributed by atoms with E-state index in [2.05, 4.69) is 22.7 Å². The summed E-state index contributed by atoms with van der Waals surface area (Å²) in [5.41, 5.74) is 3.07. The molecule has 2 rings (SSSR count). The lowest BCUT2D eigenvalue weighted by atomic mass is 9.96. The van der Waals surface area contributed by atoms with E-state index in [9.17, 15) is 5.11 Å². The Kier molecular flexibility index (Phi) is 10.6. The standard InChI is InChI=1S/C21H33N5O2.HI/c1-6-22-20(24-15-21(4,27)18-10-8-7-9-11-18)23-14-19-16(2)25-26(17(19)3)12-13-28-5;/h7-11,27H,6,12-15H2,1-5H3,(H2,22,23,24);1H. The van der Waals surface area contributed by atoms with Crippen LogP contribution in [0.4, 0.5) is 0 Å². The molecule has 1 atom stereocenters. The third kappa shape index (κ3) is 7.27. The summed E-state index contributed by atoms with van der Waals surface area (Å²) in [7, 11) is 1.69. The Morgan fingerprint density at radius 1 is 1.24 bits per heavy atom. The number of nitrogens with one attached hydrogen (secondary N) is 2. The number of guanidine groups is 1. The minimum absolute atomic E-state index is 0. The van der Waals surface area contributed by atoms with Crippen LogP contribution >= 0.6 is 24.0 Å². The number of aliphatic hydroxyl groups is 1. The SMILES string of the molecule is CCNC(=NCc1c(C)nn(CCOC)c1C)NCC(C)(O)c1ccccc1.I. The number of benzene rings is 1. The van der Waals surface area contributed by atoms with Crippen molar-refractivity contribution in [1.82, 2.24) is 20.4 Å². The number of halogens is 1. The highest BCUT2D eigenvalue weighted by molar-refractivity contribution is 14.0. The molecule has 0 fully saturated rings. The third-order valence-electron chi connectivity index (χ3n) is 4.77. The van der Waals surface area contributed by atoms with Crippen molar-refractivity contribution in [1.29, 1.82) is 0 Å². The summed E-state index contributed by atoms with van der Waals surface area (Å²) in [5.74, 6) is 0.669. The van der Waals surface area contributed by atoms with Crippen LogP contribution in [0.3, 0.4) is 0 Å². The lowest BCUT2D eigenvalue weighted by Gasteiger charge is -2.25. The van der Waals surface area contributed by atoms with E-state index < -0.39 is 5.60 Å². The molecule has 3 N–H and O–H groups in total. The van der Waals surface area contributed by atoms with Crippen molar-refractivity contribution in [2.24, 2.45) is 4.99 Å². The van der Waals surface area contributed by atoms with Crippen molar-refractivity contribution in [2.45, 2.75) is 46.4 Å². The van der Waals surface area contributed by atoms with Crippen LogP contribution in [-0.2, 0) is 23.4 Å². The first-order valence-corrected chi connectivity index (χ1v) is 9.71. The molecule has 8 heteroatoms. The zero-order valence-corrected chi connectivity index (χ0v) is 20.4. The van der Waals surface area contributed by atoms with E-state index >= 15 is 0 Å². The van der Waals surface area contributed by atoms with E-state index in [0.717, 1.165) is 35.6 Å². The number of aliphatic imine (C=N–C) groups is 1. The highest BCUT2D eigenvalue weighted by Gasteiger charge is 2.23. The molecule has 0 aliphatic heterocycles. The smallest absolute Gasteiger partial charge is 0.191 e. The number of ether oxygens (including phenoxy) is 1. The summed E-state index contributed by atoms with van der Waals surface area (Å²) in [4.78, 5) is 4.69. The second kappa shape index (κ2) is 12.1. The first-order chi connectivity index (χ1) is 13.4. The molecule has 0 saturated heterocycles. The molecule has 0 aliphatic carbocycles. The first kappa shape index (κ1) is 25.4. The molecule has 7 nitrogen and oxygen atoms in total. The van der Waals surface area contributed by atoms with Gasteiger partial charge in [0.2, 0.25) is 0 Å². The van der Waals surface area contributed by atoms with Gasteiger partial charge in [-0.1, -0.05) is 30.3 Å². The van der Waals surface area contributed by atoms with Gasteiger partial charge in [-0.2, -0.15) is 5.10 Å². The van der Waals surface area contributed by atoms with Crippen LogP contribution < -0.4 is 10.6 Å². The minimum Gasteiger partial charge on any atom is -0.384 e. The molecule has 0 spiro atoms. The largest absolute Gasteiger partial charge is 0.384 e. The van der Waals surface area contributed by atoms with Crippen LogP contribution in [0.2, 0.25) is 0 Å². The molecular weight excluding hydrogens is 481 g/mol. The fourth-order valence-corrected chi connectivity index (χ4v) is 3.01. The van der Waals surface area contributed by atoms with E-state index in [4.69, 9.17) is 9.73 Å². The summed E-state index contributed by atoms with van der Waals surface area (Å²) in [6, 6.07) is 9.64. The summed E-state index contributed by atoms with van der Waals surface area (Å²) in [6.07, 6.45) is 0. The van der Waals surface area contributed by atoms with Crippen LogP contribution in [0.1, 0.15) is 36.4 Å². The summed E-state index contributed by atoms with van der Waals surface area (Å²) >= 11 is 0. The molecule has 0 bridgehead atoms. The van der Waals surface area contributed by atoms with Crippen LogP contribution in [0.5, 0.6) is 0 Å². The average Bonchev–Trinajstić information content (AvgIpc) is 2.96. The fraction of sp³-hybridized carbons (Fsp3) is 0.524. The predicted octanol–water partition coefficient (Wildman–Crippen LogP) is 2.73. The van der Waals surface area contributed by atoms with Gasteiger partial charge in [0.15, 0.2) is 5.96 Å². The summed E-state index contributed by atoms with van der Waals surface area (Å²) in [5, 5.41) is 21.9. The van der Waals surface area contributed by atoms with Gasteiger partial charge in [0.1, 0.15) is 5.60 Å². The Morgan fingerprint density at radius 3 is 2.55 bits per heavy atom. The Labute approximate surface area is 191 Å². The van der Waals surface area contributed by atoms with E-state index in [1.807, 2.05) is 48.9 Å². The summed E-state index contributed by atoms with van der Waals surface area (Å²) < 4.78 is 7.11. The lowest BCUT2D eigenvalue weighted by molar-refractivity contribution is 0.0617. The second-order valence-corrected chi connectivity index (χ2v) is 7.05. The van der Waals surface area contributed by atoms with Gasteiger partial charge in [0.05, 0.1) is 31.9 Å². The van der Waals surface area contributed by atoms with Crippen molar-refractivity contribution in [2.75, 3.05) is 26.8 Å². The predicted molar refractivity (Wildman–Crippen MR) is 128 cm³/mol. The molecule has 0 saturated carbocycles. The first-order valence-electron chi connectivity index (χ1n) is 9.71.